The summed E-state index contributed by atoms with van der Waals surface area (Å²) in [6, 6.07) is 8.16. The van der Waals surface area contributed by atoms with Crippen LogP contribution in [0.4, 0.5) is 0 Å². The zero-order chi connectivity index (χ0) is 13.5. The highest BCUT2D eigenvalue weighted by Gasteiger charge is 2.19. The van der Waals surface area contributed by atoms with Gasteiger partial charge in [-0.3, -0.25) is 4.98 Å². The number of aromatic nitrogens is 1. The molecule has 96 valence electrons. The Hall–Kier alpha value is -2.14. The zero-order valence-electron chi connectivity index (χ0n) is 11.2. The molecule has 0 fully saturated rings. The molecule has 1 atom stereocenters. The van der Waals surface area contributed by atoms with Gasteiger partial charge in [-0.1, -0.05) is 31.2 Å². The molecule has 2 rings (SSSR count). The maximum absolute atomic E-state index is 9.06. The van der Waals surface area contributed by atoms with Gasteiger partial charge in [-0.05, 0) is 49.0 Å². The quantitative estimate of drug-likeness (QED) is 0.747. The first-order valence-electron chi connectivity index (χ1n) is 6.73. The van der Waals surface area contributed by atoms with Gasteiger partial charge in [-0.15, -0.1) is 0 Å². The van der Waals surface area contributed by atoms with Gasteiger partial charge < -0.3 is 0 Å². The Morgan fingerprint density at radius 1 is 1.42 bits per heavy atom. The Kier molecular flexibility index (Phi) is 4.69. The molecule has 1 unspecified atom stereocenters. The predicted molar refractivity (Wildman–Crippen MR) is 78.1 cm³/mol. The molecule has 0 spiro atoms. The fourth-order valence-electron chi connectivity index (χ4n) is 2.29. The van der Waals surface area contributed by atoms with Crippen LogP contribution in [-0.2, 0) is 0 Å². The predicted octanol–water partition coefficient (Wildman–Crippen LogP) is 4.29. The number of allylic oxidation sites excluding steroid dienone is 6. The Labute approximate surface area is 114 Å². The number of nitrogens with zero attached hydrogens (tertiary/aromatic N) is 2. The molecule has 1 aliphatic carbocycles. The van der Waals surface area contributed by atoms with E-state index in [0.717, 1.165) is 30.5 Å². The highest BCUT2D eigenvalue weighted by Crippen LogP contribution is 2.33. The molecule has 0 N–H and O–H groups in total. The first-order chi connectivity index (χ1) is 9.35. The largest absolute Gasteiger partial charge is 0.257 e. The third-order valence-electron chi connectivity index (χ3n) is 3.29. The molecular weight excluding hydrogens is 232 g/mol. The van der Waals surface area contributed by atoms with Crippen molar-refractivity contribution < 1.29 is 0 Å². The van der Waals surface area contributed by atoms with E-state index in [4.69, 9.17) is 5.26 Å². The number of nitriles is 1. The minimum Gasteiger partial charge on any atom is -0.257 e. The topological polar surface area (TPSA) is 36.7 Å². The van der Waals surface area contributed by atoms with Gasteiger partial charge in [-0.25, -0.2) is 0 Å². The summed E-state index contributed by atoms with van der Waals surface area (Å²) in [6.45, 7) is 2.14. The third kappa shape index (κ3) is 3.42. The number of rotatable bonds is 4. The maximum Gasteiger partial charge on any atom is 0.0988 e. The van der Waals surface area contributed by atoms with Crippen molar-refractivity contribution in [1.29, 1.82) is 5.26 Å². The van der Waals surface area contributed by atoms with Crippen molar-refractivity contribution >= 4 is 5.57 Å². The molecular formula is C17H18N2. The highest BCUT2D eigenvalue weighted by atomic mass is 14.7. The van der Waals surface area contributed by atoms with E-state index in [9.17, 15) is 0 Å². The van der Waals surface area contributed by atoms with Gasteiger partial charge in [0.25, 0.3) is 0 Å². The number of hydrogen-bond donors (Lipinski definition) is 0. The van der Waals surface area contributed by atoms with E-state index in [1.165, 1.54) is 5.57 Å². The average molecular weight is 250 g/mol. The van der Waals surface area contributed by atoms with Crippen molar-refractivity contribution in [2.24, 2.45) is 5.92 Å². The molecule has 2 nitrogen and oxygen atoms in total. The summed E-state index contributed by atoms with van der Waals surface area (Å²) >= 11 is 0. The minimum absolute atomic E-state index is 0.426. The van der Waals surface area contributed by atoms with Crippen molar-refractivity contribution in [3.05, 3.63) is 60.0 Å². The van der Waals surface area contributed by atoms with Gasteiger partial charge in [0.05, 0.1) is 11.8 Å². The normalized spacial score (nSPS) is 18.8. The van der Waals surface area contributed by atoms with Crippen LogP contribution in [0.2, 0.25) is 0 Å². The Morgan fingerprint density at radius 3 is 3.00 bits per heavy atom. The molecule has 0 aromatic carbocycles. The average Bonchev–Trinajstić information content (AvgIpc) is 2.48. The summed E-state index contributed by atoms with van der Waals surface area (Å²) in [7, 11) is 0. The lowest BCUT2D eigenvalue weighted by Gasteiger charge is -2.21. The summed E-state index contributed by atoms with van der Waals surface area (Å²) in [5.41, 5.74) is 2.91. The lowest BCUT2D eigenvalue weighted by atomic mass is 9.84. The molecule has 0 radical (unpaired) electrons. The van der Waals surface area contributed by atoms with Crippen LogP contribution in [0.1, 0.15) is 31.9 Å². The van der Waals surface area contributed by atoms with Crippen LogP contribution >= 0.6 is 0 Å². The second-order valence-corrected chi connectivity index (χ2v) is 4.63. The Balaban J connectivity index is 2.26. The van der Waals surface area contributed by atoms with Crippen molar-refractivity contribution in [3.63, 3.8) is 0 Å². The zero-order valence-corrected chi connectivity index (χ0v) is 11.2. The molecule has 2 heteroatoms. The molecule has 1 aromatic heterocycles. The molecule has 0 aliphatic heterocycles. The first kappa shape index (κ1) is 13.3. The fourth-order valence-corrected chi connectivity index (χ4v) is 2.29. The van der Waals surface area contributed by atoms with Gasteiger partial charge in [-0.2, -0.15) is 5.26 Å². The van der Waals surface area contributed by atoms with Gasteiger partial charge in [0.15, 0.2) is 0 Å². The second-order valence-electron chi connectivity index (χ2n) is 4.63. The van der Waals surface area contributed by atoms with Crippen LogP contribution in [0.3, 0.4) is 0 Å². The van der Waals surface area contributed by atoms with E-state index in [2.05, 4.69) is 30.1 Å². The first-order valence-corrected chi connectivity index (χ1v) is 6.73. The molecule has 1 heterocycles. The van der Waals surface area contributed by atoms with Crippen molar-refractivity contribution in [1.82, 2.24) is 4.98 Å². The van der Waals surface area contributed by atoms with Gasteiger partial charge in [0, 0.05) is 11.8 Å². The molecule has 0 saturated heterocycles. The van der Waals surface area contributed by atoms with Gasteiger partial charge >= 0.3 is 0 Å². The molecule has 0 amide bonds. The summed E-state index contributed by atoms with van der Waals surface area (Å²) < 4.78 is 0. The standard InChI is InChI=1S/C17H18N2/c1-2-3-4-7-15-10-9-14(13-18)12-16(15)17-8-5-6-11-19-17/h3-6,8-9,11-12,15H,2,7,10H2,1H3. The van der Waals surface area contributed by atoms with E-state index in [-0.39, 0.29) is 0 Å². The van der Waals surface area contributed by atoms with Crippen LogP contribution in [-0.4, -0.2) is 4.98 Å². The summed E-state index contributed by atoms with van der Waals surface area (Å²) in [4.78, 5) is 4.42. The fraction of sp³-hybridized carbons (Fsp3) is 0.294. The van der Waals surface area contributed by atoms with Gasteiger partial charge in [0.2, 0.25) is 0 Å². The summed E-state index contributed by atoms with van der Waals surface area (Å²) in [6.07, 6.45) is 13.2. The lowest BCUT2D eigenvalue weighted by molar-refractivity contribution is 0.682. The van der Waals surface area contributed by atoms with E-state index in [1.807, 2.05) is 30.4 Å². The minimum atomic E-state index is 0.426. The maximum atomic E-state index is 9.06. The number of pyridine rings is 1. The van der Waals surface area contributed by atoms with E-state index >= 15 is 0 Å². The number of hydrogen-bond acceptors (Lipinski definition) is 2. The lowest BCUT2D eigenvalue weighted by Crippen LogP contribution is -2.07. The monoisotopic (exact) mass is 250 g/mol. The van der Waals surface area contributed by atoms with Crippen LogP contribution in [0.15, 0.2) is 54.3 Å². The van der Waals surface area contributed by atoms with Crippen LogP contribution in [0, 0.1) is 17.2 Å². The van der Waals surface area contributed by atoms with Crippen molar-refractivity contribution in [2.75, 3.05) is 0 Å². The van der Waals surface area contributed by atoms with Gasteiger partial charge in [0.1, 0.15) is 0 Å². The summed E-state index contributed by atoms with van der Waals surface area (Å²) in [5.74, 6) is 0.426. The van der Waals surface area contributed by atoms with Crippen LogP contribution in [0.5, 0.6) is 0 Å². The third-order valence-corrected chi connectivity index (χ3v) is 3.29. The molecule has 1 aromatic rings. The van der Waals surface area contributed by atoms with E-state index in [1.54, 1.807) is 6.20 Å². The van der Waals surface area contributed by atoms with Crippen LogP contribution < -0.4 is 0 Å². The second kappa shape index (κ2) is 6.70. The summed E-state index contributed by atoms with van der Waals surface area (Å²) in [5, 5.41) is 9.06. The smallest absolute Gasteiger partial charge is 0.0988 e. The Bertz CT molecular complexity index is 544. The van der Waals surface area contributed by atoms with Crippen LogP contribution in [0.25, 0.3) is 5.57 Å². The van der Waals surface area contributed by atoms with Crippen molar-refractivity contribution in [3.8, 4) is 6.07 Å². The molecule has 19 heavy (non-hydrogen) atoms. The van der Waals surface area contributed by atoms with E-state index < -0.39 is 0 Å². The Morgan fingerprint density at radius 2 is 2.32 bits per heavy atom. The van der Waals surface area contributed by atoms with E-state index in [0.29, 0.717) is 5.92 Å². The van der Waals surface area contributed by atoms with Crippen molar-refractivity contribution in [2.45, 2.75) is 26.2 Å². The molecule has 0 saturated carbocycles. The SMILES string of the molecule is CCC=CCC1CC=C(C#N)C=C1c1ccccn1. The molecule has 1 aliphatic rings. The molecule has 0 bridgehead atoms. The highest BCUT2D eigenvalue weighted by molar-refractivity contribution is 5.70.